The van der Waals surface area contributed by atoms with Gasteiger partial charge in [-0.3, -0.25) is 0 Å². The molecule has 0 bridgehead atoms. The molecule has 3 rings (SSSR count). The predicted octanol–water partition coefficient (Wildman–Crippen LogP) is 2.99. The molecule has 0 unspecified atom stereocenters. The molecular weight excluding hydrogens is 300 g/mol. The van der Waals surface area contributed by atoms with Crippen LogP contribution >= 0.6 is 11.6 Å². The van der Waals surface area contributed by atoms with Crippen LogP contribution in [0, 0.1) is 0 Å². The largest absolute Gasteiger partial charge is 0.387 e. The number of nitrogens with one attached hydrogen (secondary N) is 2. The van der Waals surface area contributed by atoms with Crippen molar-refractivity contribution in [3.63, 3.8) is 0 Å². The van der Waals surface area contributed by atoms with Crippen LogP contribution < -0.4 is 10.6 Å². The van der Waals surface area contributed by atoms with Crippen molar-refractivity contribution in [1.29, 1.82) is 0 Å². The number of hydrogen-bond donors (Lipinski definition) is 3. The molecule has 4 nitrogen and oxygen atoms in total. The monoisotopic (exact) mass is 316 g/mol. The number of rotatable bonds is 3. The second-order valence-electron chi connectivity index (χ2n) is 5.63. The van der Waals surface area contributed by atoms with Crippen LogP contribution in [0.2, 0.25) is 5.02 Å². The van der Waals surface area contributed by atoms with Crippen molar-refractivity contribution in [2.24, 2.45) is 0 Å². The molecule has 0 fully saturated rings. The average molecular weight is 317 g/mol. The van der Waals surface area contributed by atoms with Crippen LogP contribution in [0.3, 0.4) is 0 Å². The third-order valence-corrected chi connectivity index (χ3v) is 4.19. The van der Waals surface area contributed by atoms with Crippen molar-refractivity contribution in [2.45, 2.75) is 18.4 Å². The fourth-order valence-corrected chi connectivity index (χ4v) is 2.96. The molecule has 114 valence electrons. The summed E-state index contributed by atoms with van der Waals surface area (Å²) in [5.41, 5.74) is 1.89. The number of halogens is 1. The fourth-order valence-electron chi connectivity index (χ4n) is 2.77. The summed E-state index contributed by atoms with van der Waals surface area (Å²) < 4.78 is 0. The second-order valence-corrected chi connectivity index (χ2v) is 6.04. The van der Waals surface area contributed by atoms with E-state index >= 15 is 0 Å². The number of urea groups is 1. The Morgan fingerprint density at radius 1 is 1.09 bits per heavy atom. The van der Waals surface area contributed by atoms with E-state index in [4.69, 9.17) is 11.6 Å². The molecule has 0 atom stereocenters. The minimum absolute atomic E-state index is 0.192. The summed E-state index contributed by atoms with van der Waals surface area (Å²) in [7, 11) is 0. The zero-order valence-corrected chi connectivity index (χ0v) is 12.7. The molecule has 3 N–H and O–H groups in total. The third-order valence-electron chi connectivity index (χ3n) is 3.86. The van der Waals surface area contributed by atoms with Crippen molar-refractivity contribution < 1.29 is 9.90 Å². The fraction of sp³-hybridized carbons (Fsp3) is 0.235. The highest BCUT2D eigenvalue weighted by molar-refractivity contribution is 6.33. The quantitative estimate of drug-likeness (QED) is 0.815. The van der Waals surface area contributed by atoms with Gasteiger partial charge in [0.2, 0.25) is 0 Å². The summed E-state index contributed by atoms with van der Waals surface area (Å²) in [5.74, 6) is 0. The van der Waals surface area contributed by atoms with E-state index in [9.17, 15) is 9.90 Å². The van der Waals surface area contributed by atoms with Gasteiger partial charge in [0.1, 0.15) is 0 Å². The molecule has 0 spiro atoms. The minimum atomic E-state index is -0.929. The lowest BCUT2D eigenvalue weighted by Crippen LogP contribution is -2.45. The molecule has 1 aliphatic carbocycles. The standard InChI is InChI=1S/C17H17ClN2O2/c18-14-7-3-4-8-15(14)20-16(21)19-11-17(22)9-12-5-1-2-6-13(12)10-17/h1-8,22H,9-11H2,(H2,19,20,21). The van der Waals surface area contributed by atoms with Gasteiger partial charge in [-0.25, -0.2) is 4.79 Å². The number of carbonyl (C=O) groups excluding carboxylic acids is 1. The second kappa shape index (κ2) is 5.99. The van der Waals surface area contributed by atoms with Crippen LogP contribution in [0.15, 0.2) is 48.5 Å². The van der Waals surface area contributed by atoms with Gasteiger partial charge < -0.3 is 15.7 Å². The molecule has 0 saturated carbocycles. The lowest BCUT2D eigenvalue weighted by atomic mass is 10.0. The molecule has 5 heteroatoms. The van der Waals surface area contributed by atoms with E-state index in [1.807, 2.05) is 24.3 Å². The van der Waals surface area contributed by atoms with Crippen LogP contribution in [0.4, 0.5) is 10.5 Å². The Labute approximate surface area is 134 Å². The molecule has 1 aliphatic rings. The van der Waals surface area contributed by atoms with Gasteiger partial charge in [0.25, 0.3) is 0 Å². The van der Waals surface area contributed by atoms with Crippen molar-refractivity contribution in [1.82, 2.24) is 5.32 Å². The van der Waals surface area contributed by atoms with Crippen LogP contribution in [-0.4, -0.2) is 23.3 Å². The lowest BCUT2D eigenvalue weighted by molar-refractivity contribution is 0.0541. The Morgan fingerprint density at radius 2 is 1.68 bits per heavy atom. The van der Waals surface area contributed by atoms with E-state index in [0.717, 1.165) is 11.1 Å². The highest BCUT2D eigenvalue weighted by atomic mass is 35.5. The van der Waals surface area contributed by atoms with Crippen LogP contribution in [-0.2, 0) is 12.8 Å². The number of fused-ring (bicyclic) bond motifs is 1. The zero-order valence-electron chi connectivity index (χ0n) is 12.0. The number of aliphatic hydroxyl groups is 1. The molecule has 0 heterocycles. The number of anilines is 1. The van der Waals surface area contributed by atoms with Crippen LogP contribution in [0.25, 0.3) is 0 Å². The SMILES string of the molecule is O=C(NCC1(O)Cc2ccccc2C1)Nc1ccccc1Cl. The first-order valence-electron chi connectivity index (χ1n) is 7.14. The first kappa shape index (κ1) is 14.9. The maximum Gasteiger partial charge on any atom is 0.319 e. The van der Waals surface area contributed by atoms with Gasteiger partial charge in [-0.2, -0.15) is 0 Å². The van der Waals surface area contributed by atoms with Crippen LogP contribution in [0.1, 0.15) is 11.1 Å². The normalized spacial score (nSPS) is 15.2. The van der Waals surface area contributed by atoms with E-state index in [0.29, 0.717) is 23.6 Å². The Balaban J connectivity index is 1.57. The number of hydrogen-bond acceptors (Lipinski definition) is 2. The highest BCUT2D eigenvalue weighted by Gasteiger charge is 2.35. The van der Waals surface area contributed by atoms with E-state index in [-0.39, 0.29) is 12.6 Å². The maximum atomic E-state index is 11.9. The predicted molar refractivity (Wildman–Crippen MR) is 87.3 cm³/mol. The molecule has 2 aromatic rings. The van der Waals surface area contributed by atoms with Gasteiger partial charge in [-0.15, -0.1) is 0 Å². The average Bonchev–Trinajstić information content (AvgIpc) is 2.84. The molecule has 0 aromatic heterocycles. The lowest BCUT2D eigenvalue weighted by Gasteiger charge is -2.22. The summed E-state index contributed by atoms with van der Waals surface area (Å²) >= 11 is 5.99. The maximum absolute atomic E-state index is 11.9. The highest BCUT2D eigenvalue weighted by Crippen LogP contribution is 2.29. The Bertz CT molecular complexity index is 678. The van der Waals surface area contributed by atoms with Crippen molar-refractivity contribution in [2.75, 3.05) is 11.9 Å². The number of carbonyl (C=O) groups is 1. The zero-order chi connectivity index (χ0) is 15.6. The number of para-hydroxylation sites is 1. The van der Waals surface area contributed by atoms with Gasteiger partial charge >= 0.3 is 6.03 Å². The van der Waals surface area contributed by atoms with Gasteiger partial charge in [-0.1, -0.05) is 48.0 Å². The molecule has 2 aromatic carbocycles. The van der Waals surface area contributed by atoms with Gasteiger partial charge in [0.05, 0.1) is 16.3 Å². The molecular formula is C17H17ClN2O2. The number of benzene rings is 2. The first-order valence-corrected chi connectivity index (χ1v) is 7.52. The summed E-state index contributed by atoms with van der Waals surface area (Å²) in [4.78, 5) is 11.9. The van der Waals surface area contributed by atoms with Gasteiger partial charge in [0.15, 0.2) is 0 Å². The molecule has 0 radical (unpaired) electrons. The summed E-state index contributed by atoms with van der Waals surface area (Å²) in [6, 6.07) is 14.6. The van der Waals surface area contributed by atoms with E-state index < -0.39 is 5.60 Å². The van der Waals surface area contributed by atoms with Crippen molar-refractivity contribution in [3.8, 4) is 0 Å². The summed E-state index contributed by atoms with van der Waals surface area (Å²) in [5, 5.41) is 16.5. The molecule has 2 amide bonds. The Hall–Kier alpha value is -2.04. The van der Waals surface area contributed by atoms with Crippen molar-refractivity contribution >= 4 is 23.3 Å². The van der Waals surface area contributed by atoms with E-state index in [1.165, 1.54) is 0 Å². The third kappa shape index (κ3) is 3.24. The Morgan fingerprint density at radius 3 is 2.32 bits per heavy atom. The van der Waals surface area contributed by atoms with Crippen LogP contribution in [0.5, 0.6) is 0 Å². The summed E-state index contributed by atoms with van der Waals surface area (Å²) in [6.07, 6.45) is 1.10. The first-order chi connectivity index (χ1) is 10.6. The van der Waals surface area contributed by atoms with E-state index in [1.54, 1.807) is 24.3 Å². The van der Waals surface area contributed by atoms with Gasteiger partial charge in [-0.05, 0) is 23.3 Å². The van der Waals surface area contributed by atoms with E-state index in [2.05, 4.69) is 10.6 Å². The summed E-state index contributed by atoms with van der Waals surface area (Å²) in [6.45, 7) is 0.192. The smallest absolute Gasteiger partial charge is 0.319 e. The molecule has 0 saturated heterocycles. The van der Waals surface area contributed by atoms with Gasteiger partial charge in [0, 0.05) is 19.4 Å². The molecule has 22 heavy (non-hydrogen) atoms. The topological polar surface area (TPSA) is 61.4 Å². The minimum Gasteiger partial charge on any atom is -0.387 e. The molecule has 0 aliphatic heterocycles. The van der Waals surface area contributed by atoms with Crippen molar-refractivity contribution in [3.05, 3.63) is 64.7 Å². The Kier molecular flexibility index (Phi) is 4.05. The number of amides is 2.